The summed E-state index contributed by atoms with van der Waals surface area (Å²) < 4.78 is 1.81. The van der Waals surface area contributed by atoms with E-state index in [4.69, 9.17) is 4.98 Å². The van der Waals surface area contributed by atoms with Gasteiger partial charge < -0.3 is 10.2 Å². The van der Waals surface area contributed by atoms with E-state index < -0.39 is 0 Å². The molecule has 1 amide bonds. The van der Waals surface area contributed by atoms with E-state index in [9.17, 15) is 4.79 Å². The lowest BCUT2D eigenvalue weighted by atomic mass is 10.1. The van der Waals surface area contributed by atoms with E-state index in [1.54, 1.807) is 24.5 Å². The minimum Gasteiger partial charge on any atom is -0.359 e. The number of benzene rings is 1. The lowest BCUT2D eigenvalue weighted by Gasteiger charge is -2.20. The molecule has 32 heavy (non-hydrogen) atoms. The Morgan fingerprint density at radius 2 is 1.91 bits per heavy atom. The van der Waals surface area contributed by atoms with E-state index in [1.165, 1.54) is 5.56 Å². The van der Waals surface area contributed by atoms with Crippen LogP contribution in [0.15, 0.2) is 60.9 Å². The molecular weight excluding hydrogens is 400 g/mol. The SMILES string of the molecule is Cc1ccc(Cn2nc(C(=O)Nc3cccnc3)c3ccc(N(C)CC(C)C)nc32)cc1. The summed E-state index contributed by atoms with van der Waals surface area (Å²) >= 11 is 0. The molecule has 0 atom stereocenters. The van der Waals surface area contributed by atoms with E-state index in [1.807, 2.05) is 23.9 Å². The van der Waals surface area contributed by atoms with Crippen LogP contribution < -0.4 is 10.2 Å². The second-order valence-corrected chi connectivity index (χ2v) is 8.50. The maximum absolute atomic E-state index is 13.0. The zero-order chi connectivity index (χ0) is 22.7. The second kappa shape index (κ2) is 9.18. The van der Waals surface area contributed by atoms with E-state index in [-0.39, 0.29) is 5.91 Å². The predicted octanol–water partition coefficient (Wildman–Crippen LogP) is 4.53. The molecule has 1 aromatic carbocycles. The van der Waals surface area contributed by atoms with Crippen LogP contribution in [0.2, 0.25) is 0 Å². The van der Waals surface area contributed by atoms with E-state index >= 15 is 0 Å². The van der Waals surface area contributed by atoms with Crippen molar-refractivity contribution in [2.24, 2.45) is 5.92 Å². The van der Waals surface area contributed by atoms with Gasteiger partial charge in [0.15, 0.2) is 11.3 Å². The van der Waals surface area contributed by atoms with Gasteiger partial charge >= 0.3 is 0 Å². The van der Waals surface area contributed by atoms with Gasteiger partial charge in [-0.25, -0.2) is 9.67 Å². The molecule has 0 saturated carbocycles. The molecule has 7 heteroatoms. The Kier molecular flexibility index (Phi) is 6.16. The number of amides is 1. The van der Waals surface area contributed by atoms with Crippen LogP contribution in [-0.4, -0.2) is 39.2 Å². The summed E-state index contributed by atoms with van der Waals surface area (Å²) in [4.78, 5) is 24.1. The molecule has 0 spiro atoms. The molecule has 3 aromatic heterocycles. The monoisotopic (exact) mass is 428 g/mol. The normalized spacial score (nSPS) is 11.2. The number of aromatic nitrogens is 4. The van der Waals surface area contributed by atoms with Crippen molar-refractivity contribution in [3.05, 3.63) is 77.7 Å². The maximum atomic E-state index is 13.0. The van der Waals surface area contributed by atoms with Gasteiger partial charge in [-0.05, 0) is 42.7 Å². The molecule has 1 N–H and O–H groups in total. The summed E-state index contributed by atoms with van der Waals surface area (Å²) in [7, 11) is 2.03. The standard InChI is InChI=1S/C25H28N6O/c1-17(2)15-30(4)22-12-11-21-23(25(32)27-20-6-5-13-26-14-20)29-31(24(21)28-22)16-19-9-7-18(3)8-10-19/h5-14,17H,15-16H2,1-4H3,(H,27,32). The molecule has 0 aliphatic rings. The van der Waals surface area contributed by atoms with Crippen molar-refractivity contribution in [3.63, 3.8) is 0 Å². The molecule has 164 valence electrons. The Hall–Kier alpha value is -3.74. The number of carbonyl (C=O) groups excluding carboxylic acids is 1. The molecule has 0 saturated heterocycles. The summed E-state index contributed by atoms with van der Waals surface area (Å²) in [5, 5.41) is 8.27. The molecule has 4 aromatic rings. The van der Waals surface area contributed by atoms with Crippen molar-refractivity contribution < 1.29 is 4.79 Å². The van der Waals surface area contributed by atoms with Crippen molar-refractivity contribution in [1.29, 1.82) is 0 Å². The largest absolute Gasteiger partial charge is 0.359 e. The molecular formula is C25H28N6O. The Balaban J connectivity index is 1.74. The number of nitrogens with zero attached hydrogens (tertiary/aromatic N) is 5. The van der Waals surface area contributed by atoms with Crippen molar-refractivity contribution >= 4 is 28.4 Å². The van der Waals surface area contributed by atoms with Gasteiger partial charge in [0.2, 0.25) is 0 Å². The zero-order valence-corrected chi connectivity index (χ0v) is 18.9. The first-order chi connectivity index (χ1) is 15.4. The van der Waals surface area contributed by atoms with Gasteiger partial charge in [-0.3, -0.25) is 9.78 Å². The third-order valence-corrected chi connectivity index (χ3v) is 5.20. The number of rotatable bonds is 7. The van der Waals surface area contributed by atoms with Crippen LogP contribution in [0.3, 0.4) is 0 Å². The lowest BCUT2D eigenvalue weighted by molar-refractivity contribution is 0.102. The fourth-order valence-electron chi connectivity index (χ4n) is 3.67. The zero-order valence-electron chi connectivity index (χ0n) is 18.9. The van der Waals surface area contributed by atoms with Crippen LogP contribution in [0.25, 0.3) is 11.0 Å². The van der Waals surface area contributed by atoms with E-state index in [0.717, 1.165) is 23.3 Å². The molecule has 0 fully saturated rings. The van der Waals surface area contributed by atoms with Crippen molar-refractivity contribution in [3.8, 4) is 0 Å². The Labute approximate surface area is 188 Å². The third-order valence-electron chi connectivity index (χ3n) is 5.20. The topological polar surface area (TPSA) is 75.9 Å². The number of aryl methyl sites for hydroxylation is 1. The number of hydrogen-bond donors (Lipinski definition) is 1. The fraction of sp³-hybridized carbons (Fsp3) is 0.280. The van der Waals surface area contributed by atoms with Crippen molar-refractivity contribution in [2.75, 3.05) is 23.8 Å². The van der Waals surface area contributed by atoms with Crippen molar-refractivity contribution in [1.82, 2.24) is 19.7 Å². The van der Waals surface area contributed by atoms with Gasteiger partial charge in [0.1, 0.15) is 5.82 Å². The maximum Gasteiger partial charge on any atom is 0.276 e. The third kappa shape index (κ3) is 4.77. The van der Waals surface area contributed by atoms with Crippen LogP contribution in [0, 0.1) is 12.8 Å². The van der Waals surface area contributed by atoms with E-state index in [2.05, 4.69) is 65.3 Å². The number of carbonyl (C=O) groups is 1. The number of nitrogens with one attached hydrogen (secondary N) is 1. The van der Waals surface area contributed by atoms with Crippen LogP contribution in [0.5, 0.6) is 0 Å². The highest BCUT2D eigenvalue weighted by Gasteiger charge is 2.20. The first kappa shape index (κ1) is 21.5. The highest BCUT2D eigenvalue weighted by molar-refractivity contribution is 6.10. The van der Waals surface area contributed by atoms with Gasteiger partial charge in [-0.15, -0.1) is 0 Å². The lowest BCUT2D eigenvalue weighted by Crippen LogP contribution is -2.23. The highest BCUT2D eigenvalue weighted by Crippen LogP contribution is 2.23. The summed E-state index contributed by atoms with van der Waals surface area (Å²) in [6.07, 6.45) is 3.28. The van der Waals surface area contributed by atoms with Crippen molar-refractivity contribution in [2.45, 2.75) is 27.3 Å². The Bertz CT molecular complexity index is 1210. The summed E-state index contributed by atoms with van der Waals surface area (Å²) in [6, 6.07) is 15.8. The molecule has 0 bridgehead atoms. The fourth-order valence-corrected chi connectivity index (χ4v) is 3.67. The molecule has 0 aliphatic carbocycles. The minimum atomic E-state index is -0.282. The number of anilines is 2. The van der Waals surface area contributed by atoms with Crippen LogP contribution in [0.1, 0.15) is 35.5 Å². The van der Waals surface area contributed by atoms with Gasteiger partial charge in [0.05, 0.1) is 23.8 Å². The number of hydrogen-bond acceptors (Lipinski definition) is 5. The Morgan fingerprint density at radius 1 is 1.12 bits per heavy atom. The molecule has 0 aliphatic heterocycles. The van der Waals surface area contributed by atoms with Gasteiger partial charge in [0, 0.05) is 19.8 Å². The van der Waals surface area contributed by atoms with Crippen LogP contribution in [0.4, 0.5) is 11.5 Å². The number of pyridine rings is 2. The summed E-state index contributed by atoms with van der Waals surface area (Å²) in [5.41, 5.74) is 3.96. The quantitative estimate of drug-likeness (QED) is 0.468. The first-order valence-electron chi connectivity index (χ1n) is 10.8. The van der Waals surface area contributed by atoms with Gasteiger partial charge in [-0.2, -0.15) is 5.10 Å². The van der Waals surface area contributed by atoms with E-state index in [0.29, 0.717) is 29.5 Å². The highest BCUT2D eigenvalue weighted by atomic mass is 16.2. The second-order valence-electron chi connectivity index (χ2n) is 8.50. The average Bonchev–Trinajstić information content (AvgIpc) is 3.13. The Morgan fingerprint density at radius 3 is 2.59 bits per heavy atom. The molecule has 0 unspecified atom stereocenters. The predicted molar refractivity (Wildman–Crippen MR) is 128 cm³/mol. The molecule has 4 rings (SSSR count). The minimum absolute atomic E-state index is 0.282. The van der Waals surface area contributed by atoms with Crippen LogP contribution in [-0.2, 0) is 6.54 Å². The van der Waals surface area contributed by atoms with Gasteiger partial charge in [0.25, 0.3) is 5.91 Å². The smallest absolute Gasteiger partial charge is 0.276 e. The van der Waals surface area contributed by atoms with Crippen LogP contribution >= 0.6 is 0 Å². The van der Waals surface area contributed by atoms with Gasteiger partial charge in [-0.1, -0.05) is 43.7 Å². The molecule has 7 nitrogen and oxygen atoms in total. The number of fused-ring (bicyclic) bond motifs is 1. The summed E-state index contributed by atoms with van der Waals surface area (Å²) in [6.45, 7) is 7.84. The molecule has 3 heterocycles. The average molecular weight is 429 g/mol. The first-order valence-corrected chi connectivity index (χ1v) is 10.8. The summed E-state index contributed by atoms with van der Waals surface area (Å²) in [5.74, 6) is 1.09. The molecule has 0 radical (unpaired) electrons.